The fourth-order valence-electron chi connectivity index (χ4n) is 3.03. The van der Waals surface area contributed by atoms with E-state index in [2.05, 4.69) is 36.6 Å². The minimum atomic E-state index is -0.0325. The second-order valence-electron chi connectivity index (χ2n) is 6.32. The molecule has 0 aliphatic rings. The molecule has 2 aromatic carbocycles. The SMILES string of the molecule is CCc1ccc(OCCCn2c(C(N)CC)nc3ccccc32)cc1. The summed E-state index contributed by atoms with van der Waals surface area (Å²) in [7, 11) is 0. The molecule has 4 heteroatoms. The van der Waals surface area contributed by atoms with Gasteiger partial charge in [-0.25, -0.2) is 4.98 Å². The molecule has 0 fully saturated rings. The molecular formula is C21H27N3O. The third-order valence-electron chi connectivity index (χ3n) is 4.58. The molecule has 1 heterocycles. The van der Waals surface area contributed by atoms with Crippen molar-refractivity contribution in [2.24, 2.45) is 5.73 Å². The van der Waals surface area contributed by atoms with Crippen molar-refractivity contribution in [3.05, 3.63) is 59.9 Å². The predicted octanol–water partition coefficient (Wildman–Crippen LogP) is 4.48. The van der Waals surface area contributed by atoms with Gasteiger partial charge in [-0.15, -0.1) is 0 Å². The molecule has 0 radical (unpaired) electrons. The summed E-state index contributed by atoms with van der Waals surface area (Å²) in [5.74, 6) is 1.90. The number of aryl methyl sites for hydroxylation is 2. The Hall–Kier alpha value is -2.33. The Morgan fingerprint density at radius 1 is 1.08 bits per heavy atom. The summed E-state index contributed by atoms with van der Waals surface area (Å²) in [6, 6.07) is 16.5. The maximum atomic E-state index is 6.27. The summed E-state index contributed by atoms with van der Waals surface area (Å²) in [4.78, 5) is 4.74. The van der Waals surface area contributed by atoms with Crippen molar-refractivity contribution < 1.29 is 4.74 Å². The van der Waals surface area contributed by atoms with Crippen LogP contribution in [0.3, 0.4) is 0 Å². The van der Waals surface area contributed by atoms with Crippen molar-refractivity contribution in [1.29, 1.82) is 0 Å². The first-order valence-corrected chi connectivity index (χ1v) is 9.15. The van der Waals surface area contributed by atoms with Gasteiger partial charge in [-0.3, -0.25) is 0 Å². The third kappa shape index (κ3) is 4.02. The van der Waals surface area contributed by atoms with E-state index in [1.54, 1.807) is 0 Å². The van der Waals surface area contributed by atoms with Crippen molar-refractivity contribution in [1.82, 2.24) is 9.55 Å². The largest absolute Gasteiger partial charge is 0.494 e. The Morgan fingerprint density at radius 3 is 2.56 bits per heavy atom. The Kier molecular flexibility index (Phi) is 5.71. The van der Waals surface area contributed by atoms with E-state index >= 15 is 0 Å². The molecule has 1 unspecified atom stereocenters. The number of fused-ring (bicyclic) bond motifs is 1. The van der Waals surface area contributed by atoms with E-state index in [4.69, 9.17) is 15.5 Å². The van der Waals surface area contributed by atoms with Crippen LogP contribution in [0.1, 0.15) is 44.1 Å². The van der Waals surface area contributed by atoms with Crippen LogP contribution in [0.4, 0.5) is 0 Å². The lowest BCUT2D eigenvalue weighted by Crippen LogP contribution is -2.17. The lowest BCUT2D eigenvalue weighted by molar-refractivity contribution is 0.301. The van der Waals surface area contributed by atoms with Gasteiger partial charge in [0.2, 0.25) is 0 Å². The maximum Gasteiger partial charge on any atom is 0.126 e. The Morgan fingerprint density at radius 2 is 1.84 bits per heavy atom. The molecule has 25 heavy (non-hydrogen) atoms. The van der Waals surface area contributed by atoms with E-state index in [0.29, 0.717) is 6.61 Å². The molecule has 132 valence electrons. The van der Waals surface area contributed by atoms with E-state index in [-0.39, 0.29) is 6.04 Å². The standard InChI is InChI=1S/C21H27N3O/c1-3-16-10-12-17(13-11-16)25-15-7-14-24-20-9-6-5-8-19(20)23-21(24)18(22)4-2/h5-6,8-13,18H,3-4,7,14-15,22H2,1-2H3. The molecule has 0 spiro atoms. The molecule has 3 rings (SSSR count). The molecule has 1 aromatic heterocycles. The zero-order chi connectivity index (χ0) is 17.6. The molecule has 0 aliphatic carbocycles. The molecule has 0 amide bonds. The number of rotatable bonds is 8. The van der Waals surface area contributed by atoms with Gasteiger partial charge in [-0.2, -0.15) is 0 Å². The molecule has 4 nitrogen and oxygen atoms in total. The Bertz CT molecular complexity index is 808. The number of hydrogen-bond acceptors (Lipinski definition) is 3. The molecule has 0 saturated heterocycles. The van der Waals surface area contributed by atoms with Gasteiger partial charge in [0, 0.05) is 6.54 Å². The van der Waals surface area contributed by atoms with Crippen LogP contribution < -0.4 is 10.5 Å². The van der Waals surface area contributed by atoms with Crippen LogP contribution >= 0.6 is 0 Å². The van der Waals surface area contributed by atoms with Crippen LogP contribution in [0, 0.1) is 0 Å². The highest BCUT2D eigenvalue weighted by Gasteiger charge is 2.15. The van der Waals surface area contributed by atoms with Crippen molar-refractivity contribution in [3.63, 3.8) is 0 Å². The van der Waals surface area contributed by atoms with E-state index < -0.39 is 0 Å². The van der Waals surface area contributed by atoms with Gasteiger partial charge in [0.25, 0.3) is 0 Å². The molecular weight excluding hydrogens is 310 g/mol. The highest BCUT2D eigenvalue weighted by Crippen LogP contribution is 2.22. The fourth-order valence-corrected chi connectivity index (χ4v) is 3.03. The van der Waals surface area contributed by atoms with E-state index in [1.165, 1.54) is 5.56 Å². The van der Waals surface area contributed by atoms with Gasteiger partial charge < -0.3 is 15.0 Å². The molecule has 1 atom stereocenters. The lowest BCUT2D eigenvalue weighted by atomic mass is 10.2. The first-order valence-electron chi connectivity index (χ1n) is 9.15. The van der Waals surface area contributed by atoms with E-state index in [0.717, 1.165) is 48.4 Å². The van der Waals surface area contributed by atoms with Crippen LogP contribution in [0.2, 0.25) is 0 Å². The Labute approximate surface area is 149 Å². The van der Waals surface area contributed by atoms with Gasteiger partial charge in [0.05, 0.1) is 23.7 Å². The fraction of sp³-hybridized carbons (Fsp3) is 0.381. The summed E-state index contributed by atoms with van der Waals surface area (Å²) < 4.78 is 8.12. The minimum Gasteiger partial charge on any atom is -0.494 e. The van der Waals surface area contributed by atoms with Crippen LogP contribution in [0.25, 0.3) is 11.0 Å². The molecule has 0 aliphatic heterocycles. The summed E-state index contributed by atoms with van der Waals surface area (Å²) >= 11 is 0. The summed E-state index contributed by atoms with van der Waals surface area (Å²) in [6.45, 7) is 5.79. The van der Waals surface area contributed by atoms with Crippen LogP contribution in [0.15, 0.2) is 48.5 Å². The van der Waals surface area contributed by atoms with Crippen molar-refractivity contribution >= 4 is 11.0 Å². The number of para-hydroxylation sites is 2. The zero-order valence-corrected chi connectivity index (χ0v) is 15.1. The summed E-state index contributed by atoms with van der Waals surface area (Å²) in [5.41, 5.74) is 9.75. The lowest BCUT2D eigenvalue weighted by Gasteiger charge is -2.14. The molecule has 0 saturated carbocycles. The number of imidazole rings is 1. The van der Waals surface area contributed by atoms with Crippen molar-refractivity contribution in [3.8, 4) is 5.75 Å². The normalized spacial score (nSPS) is 12.4. The molecule has 0 bridgehead atoms. The average Bonchev–Trinajstić information content (AvgIpc) is 3.04. The highest BCUT2D eigenvalue weighted by atomic mass is 16.5. The molecule has 3 aromatic rings. The second kappa shape index (κ2) is 8.17. The van der Waals surface area contributed by atoms with Crippen LogP contribution in [-0.2, 0) is 13.0 Å². The quantitative estimate of drug-likeness (QED) is 0.617. The Balaban J connectivity index is 1.65. The average molecular weight is 337 g/mol. The van der Waals surface area contributed by atoms with Crippen molar-refractivity contribution in [2.75, 3.05) is 6.61 Å². The monoisotopic (exact) mass is 337 g/mol. The second-order valence-corrected chi connectivity index (χ2v) is 6.32. The van der Waals surface area contributed by atoms with E-state index in [1.807, 2.05) is 30.3 Å². The number of nitrogens with two attached hydrogens (primary N) is 1. The first-order chi connectivity index (χ1) is 12.2. The summed E-state index contributed by atoms with van der Waals surface area (Å²) in [5, 5.41) is 0. The minimum absolute atomic E-state index is 0.0325. The highest BCUT2D eigenvalue weighted by molar-refractivity contribution is 5.76. The summed E-state index contributed by atoms with van der Waals surface area (Å²) in [6.07, 6.45) is 2.84. The van der Waals surface area contributed by atoms with Gasteiger partial charge in [0.15, 0.2) is 0 Å². The first kappa shape index (κ1) is 17.5. The van der Waals surface area contributed by atoms with Gasteiger partial charge in [-0.1, -0.05) is 38.1 Å². The number of hydrogen-bond donors (Lipinski definition) is 1. The number of nitrogens with zero attached hydrogens (tertiary/aromatic N) is 2. The number of aromatic nitrogens is 2. The van der Waals surface area contributed by atoms with E-state index in [9.17, 15) is 0 Å². The number of benzene rings is 2. The maximum absolute atomic E-state index is 6.27. The molecule has 2 N–H and O–H groups in total. The predicted molar refractivity (Wildman–Crippen MR) is 103 cm³/mol. The third-order valence-corrected chi connectivity index (χ3v) is 4.58. The zero-order valence-electron chi connectivity index (χ0n) is 15.1. The number of ether oxygens (including phenoxy) is 1. The topological polar surface area (TPSA) is 53.1 Å². The van der Waals surface area contributed by atoms with Crippen LogP contribution in [0.5, 0.6) is 5.75 Å². The van der Waals surface area contributed by atoms with Gasteiger partial charge in [0.1, 0.15) is 11.6 Å². The van der Waals surface area contributed by atoms with Gasteiger partial charge in [-0.05, 0) is 49.1 Å². The van der Waals surface area contributed by atoms with Gasteiger partial charge >= 0.3 is 0 Å². The van der Waals surface area contributed by atoms with Crippen molar-refractivity contribution in [2.45, 2.75) is 45.7 Å². The van der Waals surface area contributed by atoms with Crippen LogP contribution in [-0.4, -0.2) is 16.2 Å². The smallest absolute Gasteiger partial charge is 0.126 e.